The zero-order valence-electron chi connectivity index (χ0n) is 5.37. The fourth-order valence-corrected chi connectivity index (χ4v) is 0.787. The molecule has 1 rings (SSSR count). The van der Waals surface area contributed by atoms with Crippen molar-refractivity contribution in [2.75, 3.05) is 6.61 Å². The van der Waals surface area contributed by atoms with E-state index in [2.05, 4.69) is 4.74 Å². The Balaban J connectivity index is 2.17. The first-order chi connectivity index (χ1) is 4.83. The van der Waals surface area contributed by atoms with Crippen molar-refractivity contribution in [2.24, 2.45) is 0 Å². The molecule has 0 aromatic rings. The number of nitrogens with one attached hydrogen (secondary N) is 1. The minimum Gasteiger partial charge on any atom is -0.418 e. The van der Waals surface area contributed by atoms with Crippen molar-refractivity contribution in [3.8, 4) is 0 Å². The normalized spacial score (nSPS) is 24.3. The van der Waals surface area contributed by atoms with Gasteiger partial charge in [-0.25, -0.2) is 10.3 Å². The van der Waals surface area contributed by atoms with Gasteiger partial charge in [0.25, 0.3) is 0 Å². The van der Waals surface area contributed by atoms with E-state index in [1.165, 1.54) is 5.48 Å². The third kappa shape index (κ3) is 1.85. The van der Waals surface area contributed by atoms with Crippen LogP contribution in [0.2, 0.25) is 0 Å². The summed E-state index contributed by atoms with van der Waals surface area (Å²) in [6, 6.07) is 0. The lowest BCUT2D eigenvalue weighted by Gasteiger charge is -2.08. The fourth-order valence-electron chi connectivity index (χ4n) is 0.787. The topological polar surface area (TPSA) is 67.8 Å². The molecule has 1 saturated heterocycles. The lowest BCUT2D eigenvalue weighted by Crippen LogP contribution is -2.25. The molecule has 0 saturated carbocycles. The second kappa shape index (κ2) is 3.38. The number of carbonyl (C=O) groups excluding carboxylic acids is 1. The fraction of sp³-hybridized carbons (Fsp3) is 0.800. The molecule has 1 aliphatic rings. The Bertz CT molecular complexity index is 121. The summed E-state index contributed by atoms with van der Waals surface area (Å²) in [5, 5.41) is 8.02. The SMILES string of the molecule is O=C(NO)OC1CCCO1. The molecule has 10 heavy (non-hydrogen) atoms. The van der Waals surface area contributed by atoms with Crippen molar-refractivity contribution in [1.82, 2.24) is 5.48 Å². The summed E-state index contributed by atoms with van der Waals surface area (Å²) in [5.74, 6) is 0. The Labute approximate surface area is 57.9 Å². The molecule has 0 radical (unpaired) electrons. The Hall–Kier alpha value is -0.810. The molecule has 0 aromatic carbocycles. The van der Waals surface area contributed by atoms with Gasteiger partial charge in [0.05, 0.1) is 6.61 Å². The predicted octanol–water partition coefficient (Wildman–Crippen LogP) is 0.238. The van der Waals surface area contributed by atoms with Crippen LogP contribution in [0.5, 0.6) is 0 Å². The van der Waals surface area contributed by atoms with Crippen LogP contribution in [-0.2, 0) is 9.47 Å². The van der Waals surface area contributed by atoms with E-state index in [4.69, 9.17) is 9.94 Å². The molecule has 0 aliphatic carbocycles. The number of hydroxylamine groups is 1. The number of hydrogen-bond acceptors (Lipinski definition) is 4. The minimum atomic E-state index is -0.869. The maximum Gasteiger partial charge on any atom is 0.433 e. The Morgan fingerprint density at radius 1 is 1.80 bits per heavy atom. The minimum absolute atomic E-state index is 0.479. The van der Waals surface area contributed by atoms with Gasteiger partial charge in [-0.1, -0.05) is 0 Å². The molecule has 5 heteroatoms. The molecule has 5 nitrogen and oxygen atoms in total. The highest BCUT2D eigenvalue weighted by molar-refractivity contribution is 5.65. The quantitative estimate of drug-likeness (QED) is 0.411. The summed E-state index contributed by atoms with van der Waals surface area (Å²) in [6.45, 7) is 0.614. The van der Waals surface area contributed by atoms with Crippen LogP contribution in [0.1, 0.15) is 12.8 Å². The molecule has 2 N–H and O–H groups in total. The van der Waals surface area contributed by atoms with Crippen molar-refractivity contribution in [3.63, 3.8) is 0 Å². The van der Waals surface area contributed by atoms with Crippen molar-refractivity contribution in [3.05, 3.63) is 0 Å². The largest absolute Gasteiger partial charge is 0.433 e. The summed E-state index contributed by atoms with van der Waals surface area (Å²) < 4.78 is 9.47. The summed E-state index contributed by atoms with van der Waals surface area (Å²) in [6.07, 6.45) is 0.246. The van der Waals surface area contributed by atoms with Crippen LogP contribution in [0.15, 0.2) is 0 Å². The highest BCUT2D eigenvalue weighted by atomic mass is 16.7. The predicted molar refractivity (Wildman–Crippen MR) is 30.4 cm³/mol. The van der Waals surface area contributed by atoms with Crippen molar-refractivity contribution in [2.45, 2.75) is 19.1 Å². The second-order valence-corrected chi connectivity index (χ2v) is 1.96. The lowest BCUT2D eigenvalue weighted by atomic mass is 10.4. The Morgan fingerprint density at radius 2 is 2.60 bits per heavy atom. The van der Waals surface area contributed by atoms with Crippen LogP contribution < -0.4 is 5.48 Å². The molecular weight excluding hydrogens is 138 g/mol. The third-order valence-electron chi connectivity index (χ3n) is 1.22. The van der Waals surface area contributed by atoms with Gasteiger partial charge in [0.2, 0.25) is 6.29 Å². The highest BCUT2D eigenvalue weighted by Gasteiger charge is 2.18. The Morgan fingerprint density at radius 3 is 3.10 bits per heavy atom. The number of carbonyl (C=O) groups is 1. The third-order valence-corrected chi connectivity index (χ3v) is 1.22. The number of hydrogen-bond donors (Lipinski definition) is 2. The van der Waals surface area contributed by atoms with Gasteiger partial charge in [-0.3, -0.25) is 5.21 Å². The van der Waals surface area contributed by atoms with Crippen LogP contribution in [0.3, 0.4) is 0 Å². The first kappa shape index (κ1) is 7.30. The standard InChI is InChI=1S/C5H9NO4/c7-5(6-8)10-4-2-1-3-9-4/h4,8H,1-3H2,(H,6,7). The van der Waals surface area contributed by atoms with Crippen molar-refractivity contribution < 1.29 is 19.5 Å². The van der Waals surface area contributed by atoms with Gasteiger partial charge in [0.1, 0.15) is 0 Å². The van der Waals surface area contributed by atoms with Gasteiger partial charge < -0.3 is 9.47 Å². The van der Waals surface area contributed by atoms with E-state index >= 15 is 0 Å². The van der Waals surface area contributed by atoms with Crippen molar-refractivity contribution in [1.29, 1.82) is 0 Å². The molecule has 1 amide bonds. The second-order valence-electron chi connectivity index (χ2n) is 1.96. The molecule has 0 aromatic heterocycles. The molecule has 1 aliphatic heterocycles. The van der Waals surface area contributed by atoms with E-state index < -0.39 is 12.4 Å². The summed E-state index contributed by atoms with van der Waals surface area (Å²) in [5.41, 5.74) is 1.35. The van der Waals surface area contributed by atoms with E-state index in [0.29, 0.717) is 13.0 Å². The molecule has 1 heterocycles. The molecule has 1 fully saturated rings. The maximum atomic E-state index is 10.3. The molecule has 0 spiro atoms. The van der Waals surface area contributed by atoms with Crippen LogP contribution in [0.4, 0.5) is 4.79 Å². The maximum absolute atomic E-state index is 10.3. The van der Waals surface area contributed by atoms with Gasteiger partial charge >= 0.3 is 6.09 Å². The molecule has 58 valence electrons. The summed E-state index contributed by atoms with van der Waals surface area (Å²) in [7, 11) is 0. The molecule has 1 unspecified atom stereocenters. The lowest BCUT2D eigenvalue weighted by molar-refractivity contribution is -0.0766. The number of amides is 1. The summed E-state index contributed by atoms with van der Waals surface area (Å²) in [4.78, 5) is 10.3. The molecule has 1 atom stereocenters. The first-order valence-electron chi connectivity index (χ1n) is 3.05. The number of ether oxygens (including phenoxy) is 2. The van der Waals surface area contributed by atoms with E-state index in [1.54, 1.807) is 0 Å². The molecular formula is C5H9NO4. The van der Waals surface area contributed by atoms with Crippen molar-refractivity contribution >= 4 is 6.09 Å². The average molecular weight is 147 g/mol. The van der Waals surface area contributed by atoms with Gasteiger partial charge in [-0.15, -0.1) is 0 Å². The average Bonchev–Trinajstić information content (AvgIpc) is 2.40. The van der Waals surface area contributed by atoms with Gasteiger partial charge in [-0.05, 0) is 6.42 Å². The van der Waals surface area contributed by atoms with Crippen LogP contribution in [0, 0.1) is 0 Å². The van der Waals surface area contributed by atoms with E-state index in [1.807, 2.05) is 0 Å². The van der Waals surface area contributed by atoms with E-state index in [-0.39, 0.29) is 0 Å². The van der Waals surface area contributed by atoms with Gasteiger partial charge in [0, 0.05) is 6.42 Å². The van der Waals surface area contributed by atoms with E-state index in [9.17, 15) is 4.79 Å². The van der Waals surface area contributed by atoms with Crippen LogP contribution in [0.25, 0.3) is 0 Å². The molecule has 0 bridgehead atoms. The monoisotopic (exact) mass is 147 g/mol. The zero-order chi connectivity index (χ0) is 7.40. The highest BCUT2D eigenvalue weighted by Crippen LogP contribution is 2.12. The zero-order valence-corrected chi connectivity index (χ0v) is 5.37. The first-order valence-corrected chi connectivity index (χ1v) is 3.05. The van der Waals surface area contributed by atoms with Crippen LogP contribution >= 0.6 is 0 Å². The van der Waals surface area contributed by atoms with Crippen LogP contribution in [-0.4, -0.2) is 24.2 Å². The van der Waals surface area contributed by atoms with E-state index in [0.717, 1.165) is 6.42 Å². The number of rotatable bonds is 1. The smallest absolute Gasteiger partial charge is 0.418 e. The van der Waals surface area contributed by atoms with Gasteiger partial charge in [0.15, 0.2) is 0 Å². The Kier molecular flexibility index (Phi) is 2.47. The summed E-state index contributed by atoms with van der Waals surface area (Å²) >= 11 is 0. The van der Waals surface area contributed by atoms with Gasteiger partial charge in [-0.2, -0.15) is 0 Å².